The van der Waals surface area contributed by atoms with Crippen molar-refractivity contribution in [1.82, 2.24) is 5.32 Å². The minimum atomic E-state index is -0.690. The number of aliphatic hydroxyl groups excluding tert-OH is 1. The van der Waals surface area contributed by atoms with Gasteiger partial charge in [0.25, 0.3) is 0 Å². The molecule has 106 valence electrons. The Morgan fingerprint density at radius 3 is 2.89 bits per heavy atom. The molecule has 0 bridgehead atoms. The maximum Gasteiger partial charge on any atom is 0.167 e. The van der Waals surface area contributed by atoms with Gasteiger partial charge >= 0.3 is 0 Å². The molecule has 0 spiro atoms. The van der Waals surface area contributed by atoms with Gasteiger partial charge in [0.1, 0.15) is 11.9 Å². The molecule has 2 atom stereocenters. The summed E-state index contributed by atoms with van der Waals surface area (Å²) in [4.78, 5) is 0. The lowest BCUT2D eigenvalue weighted by Crippen LogP contribution is -2.52. The number of hydrogen-bond donors (Lipinski definition) is 2. The average Bonchev–Trinajstić information content (AvgIpc) is 2.42. The van der Waals surface area contributed by atoms with Crippen LogP contribution in [0.1, 0.15) is 25.7 Å². The predicted octanol–water partition coefficient (Wildman–Crippen LogP) is 2.24. The van der Waals surface area contributed by atoms with Crippen LogP contribution in [0.15, 0.2) is 18.2 Å². The highest BCUT2D eigenvalue weighted by Crippen LogP contribution is 2.31. The summed E-state index contributed by atoms with van der Waals surface area (Å²) in [6, 6.07) is 3.30. The molecule has 2 N–H and O–H groups in total. The Labute approximate surface area is 111 Å². The van der Waals surface area contributed by atoms with E-state index < -0.39 is 11.6 Å². The van der Waals surface area contributed by atoms with E-state index in [0.717, 1.165) is 25.3 Å². The Morgan fingerprint density at radius 2 is 2.26 bits per heavy atom. The second-order valence-electron chi connectivity index (χ2n) is 5.10. The summed E-state index contributed by atoms with van der Waals surface area (Å²) >= 11 is 0. The van der Waals surface area contributed by atoms with E-state index in [1.807, 2.05) is 0 Å². The molecule has 3 nitrogen and oxygen atoms in total. The Bertz CT molecular complexity index is 435. The SMILES string of the molecule is CNC1(CO)CCCC(Oc2ccc(F)cc2F)C1. The number of aliphatic hydroxyl groups is 1. The smallest absolute Gasteiger partial charge is 0.167 e. The van der Waals surface area contributed by atoms with Gasteiger partial charge in [0, 0.05) is 18.0 Å². The van der Waals surface area contributed by atoms with Gasteiger partial charge in [0.2, 0.25) is 0 Å². The zero-order valence-corrected chi connectivity index (χ0v) is 11.0. The lowest BCUT2D eigenvalue weighted by molar-refractivity contribution is 0.0534. The van der Waals surface area contributed by atoms with Crippen LogP contribution in [0.25, 0.3) is 0 Å². The van der Waals surface area contributed by atoms with Crippen LogP contribution in [-0.4, -0.2) is 30.4 Å². The van der Waals surface area contributed by atoms with Gasteiger partial charge < -0.3 is 15.2 Å². The summed E-state index contributed by atoms with van der Waals surface area (Å²) in [5.74, 6) is -1.24. The van der Waals surface area contributed by atoms with Crippen molar-refractivity contribution in [3.8, 4) is 5.75 Å². The van der Waals surface area contributed by atoms with Gasteiger partial charge in [-0.2, -0.15) is 0 Å². The Morgan fingerprint density at radius 1 is 1.47 bits per heavy atom. The summed E-state index contributed by atoms with van der Waals surface area (Å²) in [6.45, 7) is 0.0231. The van der Waals surface area contributed by atoms with E-state index in [0.29, 0.717) is 6.42 Å². The standard InChI is InChI=1S/C14H19F2NO2/c1-17-14(9-18)6-2-3-11(8-14)19-13-5-4-10(15)7-12(13)16/h4-5,7,11,17-18H,2-3,6,8-9H2,1H3. The van der Waals surface area contributed by atoms with E-state index in [-0.39, 0.29) is 24.0 Å². The third-order valence-corrected chi connectivity index (χ3v) is 3.82. The van der Waals surface area contributed by atoms with E-state index in [1.165, 1.54) is 12.1 Å². The maximum atomic E-state index is 13.5. The van der Waals surface area contributed by atoms with Gasteiger partial charge in [-0.05, 0) is 38.4 Å². The topological polar surface area (TPSA) is 41.5 Å². The van der Waals surface area contributed by atoms with E-state index in [2.05, 4.69) is 5.32 Å². The van der Waals surface area contributed by atoms with Gasteiger partial charge in [0.15, 0.2) is 11.6 Å². The number of likely N-dealkylation sites (N-methyl/N-ethyl adjacent to an activating group) is 1. The molecule has 0 radical (unpaired) electrons. The molecule has 5 heteroatoms. The van der Waals surface area contributed by atoms with Crippen molar-refractivity contribution >= 4 is 0 Å². The molecule has 1 aromatic rings. The van der Waals surface area contributed by atoms with Crippen LogP contribution in [0.2, 0.25) is 0 Å². The zero-order chi connectivity index (χ0) is 13.9. The summed E-state index contributed by atoms with van der Waals surface area (Å²) in [5, 5.41) is 12.6. The molecule has 0 amide bonds. The Balaban J connectivity index is 2.06. The first kappa shape index (κ1) is 14.2. The normalized spacial score (nSPS) is 27.3. The van der Waals surface area contributed by atoms with Crippen LogP contribution in [-0.2, 0) is 0 Å². The van der Waals surface area contributed by atoms with Crippen molar-refractivity contribution in [2.24, 2.45) is 0 Å². The molecular weight excluding hydrogens is 252 g/mol. The summed E-state index contributed by atoms with van der Waals surface area (Å²) in [7, 11) is 1.80. The van der Waals surface area contributed by atoms with Crippen molar-refractivity contribution in [3.05, 3.63) is 29.8 Å². The first-order valence-corrected chi connectivity index (χ1v) is 6.50. The molecule has 1 aromatic carbocycles. The molecule has 1 aliphatic carbocycles. The summed E-state index contributed by atoms with van der Waals surface area (Å²) in [5.41, 5.74) is -0.362. The fourth-order valence-electron chi connectivity index (χ4n) is 2.61. The molecule has 1 saturated carbocycles. The highest BCUT2D eigenvalue weighted by Gasteiger charge is 2.35. The number of rotatable bonds is 4. The second kappa shape index (κ2) is 5.84. The molecule has 0 aliphatic heterocycles. The quantitative estimate of drug-likeness (QED) is 0.882. The molecule has 2 unspecified atom stereocenters. The number of ether oxygens (including phenoxy) is 1. The van der Waals surface area contributed by atoms with E-state index >= 15 is 0 Å². The van der Waals surface area contributed by atoms with Crippen LogP contribution in [0.4, 0.5) is 8.78 Å². The number of hydrogen-bond acceptors (Lipinski definition) is 3. The molecule has 0 saturated heterocycles. The average molecular weight is 271 g/mol. The molecule has 2 rings (SSSR count). The maximum absolute atomic E-state index is 13.5. The molecular formula is C14H19F2NO2. The number of benzene rings is 1. The summed E-state index contributed by atoms with van der Waals surface area (Å²) < 4.78 is 32.0. The van der Waals surface area contributed by atoms with Crippen LogP contribution >= 0.6 is 0 Å². The third-order valence-electron chi connectivity index (χ3n) is 3.82. The molecule has 1 fully saturated rings. The number of nitrogens with one attached hydrogen (secondary N) is 1. The lowest BCUT2D eigenvalue weighted by Gasteiger charge is -2.39. The Hall–Kier alpha value is -1.20. The monoisotopic (exact) mass is 271 g/mol. The highest BCUT2D eigenvalue weighted by atomic mass is 19.1. The van der Waals surface area contributed by atoms with Gasteiger partial charge in [-0.15, -0.1) is 0 Å². The van der Waals surface area contributed by atoms with Crippen LogP contribution < -0.4 is 10.1 Å². The zero-order valence-electron chi connectivity index (χ0n) is 11.0. The van der Waals surface area contributed by atoms with E-state index in [9.17, 15) is 13.9 Å². The van der Waals surface area contributed by atoms with E-state index in [4.69, 9.17) is 4.74 Å². The van der Waals surface area contributed by atoms with Crippen LogP contribution in [0.3, 0.4) is 0 Å². The van der Waals surface area contributed by atoms with Crippen molar-refractivity contribution in [2.75, 3.05) is 13.7 Å². The van der Waals surface area contributed by atoms with Crippen molar-refractivity contribution in [3.63, 3.8) is 0 Å². The van der Waals surface area contributed by atoms with Crippen LogP contribution in [0, 0.1) is 11.6 Å². The van der Waals surface area contributed by atoms with Gasteiger partial charge in [0.05, 0.1) is 6.61 Å². The van der Waals surface area contributed by atoms with Crippen molar-refractivity contribution in [2.45, 2.75) is 37.3 Å². The van der Waals surface area contributed by atoms with Crippen molar-refractivity contribution < 1.29 is 18.6 Å². The van der Waals surface area contributed by atoms with Gasteiger partial charge in [-0.1, -0.05) is 0 Å². The molecule has 0 heterocycles. The minimum Gasteiger partial charge on any atom is -0.487 e. The second-order valence-corrected chi connectivity index (χ2v) is 5.10. The first-order chi connectivity index (χ1) is 9.08. The number of halogens is 2. The third kappa shape index (κ3) is 3.22. The van der Waals surface area contributed by atoms with Crippen LogP contribution in [0.5, 0.6) is 5.75 Å². The lowest BCUT2D eigenvalue weighted by atomic mass is 9.81. The minimum absolute atomic E-state index is 0.0231. The van der Waals surface area contributed by atoms with Crippen molar-refractivity contribution in [1.29, 1.82) is 0 Å². The fourth-order valence-corrected chi connectivity index (χ4v) is 2.61. The Kier molecular flexibility index (Phi) is 4.37. The van der Waals surface area contributed by atoms with Gasteiger partial charge in [-0.25, -0.2) is 8.78 Å². The summed E-state index contributed by atoms with van der Waals surface area (Å²) in [6.07, 6.45) is 3.01. The molecule has 19 heavy (non-hydrogen) atoms. The predicted molar refractivity (Wildman–Crippen MR) is 68.1 cm³/mol. The van der Waals surface area contributed by atoms with E-state index in [1.54, 1.807) is 7.05 Å². The largest absolute Gasteiger partial charge is 0.487 e. The highest BCUT2D eigenvalue weighted by molar-refractivity contribution is 5.25. The molecule has 1 aliphatic rings. The fraction of sp³-hybridized carbons (Fsp3) is 0.571. The first-order valence-electron chi connectivity index (χ1n) is 6.50. The van der Waals surface area contributed by atoms with Gasteiger partial charge in [-0.3, -0.25) is 0 Å². The molecule has 0 aromatic heterocycles.